The van der Waals surface area contributed by atoms with Gasteiger partial charge >= 0.3 is 0 Å². The van der Waals surface area contributed by atoms with E-state index in [0.717, 1.165) is 5.92 Å². The molecular weight excluding hydrogens is 232 g/mol. The summed E-state index contributed by atoms with van der Waals surface area (Å²) < 4.78 is 0. The second-order valence-electron chi connectivity index (χ2n) is 6.06. The van der Waals surface area contributed by atoms with Gasteiger partial charge in [-0.25, -0.2) is 0 Å². The Hall–Kier alpha value is -0.860. The van der Waals surface area contributed by atoms with E-state index in [-0.39, 0.29) is 0 Å². The molecule has 1 heterocycles. The van der Waals surface area contributed by atoms with Gasteiger partial charge in [-0.05, 0) is 88.3 Å². The molecule has 0 saturated carbocycles. The van der Waals surface area contributed by atoms with Crippen molar-refractivity contribution in [1.82, 2.24) is 10.6 Å². The second kappa shape index (κ2) is 6.53. The summed E-state index contributed by atoms with van der Waals surface area (Å²) in [5, 5.41) is 6.99. The molecule has 2 N–H and O–H groups in total. The van der Waals surface area contributed by atoms with Crippen molar-refractivity contribution in [2.75, 3.05) is 20.1 Å². The van der Waals surface area contributed by atoms with Crippen LogP contribution in [0.3, 0.4) is 0 Å². The van der Waals surface area contributed by atoms with Crippen molar-refractivity contribution in [3.63, 3.8) is 0 Å². The molecule has 0 spiro atoms. The lowest BCUT2D eigenvalue weighted by Crippen LogP contribution is -2.30. The zero-order valence-corrected chi connectivity index (χ0v) is 12.8. The summed E-state index contributed by atoms with van der Waals surface area (Å²) in [4.78, 5) is 0. The van der Waals surface area contributed by atoms with E-state index in [1.807, 2.05) is 0 Å². The lowest BCUT2D eigenvalue weighted by molar-refractivity contribution is 0.318. The molecule has 0 bridgehead atoms. The largest absolute Gasteiger partial charge is 0.317 e. The van der Waals surface area contributed by atoms with Crippen LogP contribution in [-0.4, -0.2) is 20.1 Å². The standard InChI is InChI=1S/C17H28N2/c1-12-9-14(3)16(10-13(12)2)17(18-4)11-15-5-7-19-8-6-15/h9-10,15,17-19H,5-8,11H2,1-4H3. The van der Waals surface area contributed by atoms with Gasteiger partial charge in [0.15, 0.2) is 0 Å². The van der Waals surface area contributed by atoms with Crippen LogP contribution in [0.25, 0.3) is 0 Å². The van der Waals surface area contributed by atoms with Gasteiger partial charge in [-0.15, -0.1) is 0 Å². The second-order valence-corrected chi connectivity index (χ2v) is 6.06. The van der Waals surface area contributed by atoms with Gasteiger partial charge in [-0.1, -0.05) is 12.1 Å². The summed E-state index contributed by atoms with van der Waals surface area (Å²) in [7, 11) is 2.10. The zero-order chi connectivity index (χ0) is 13.8. The molecule has 1 unspecified atom stereocenters. The van der Waals surface area contributed by atoms with Gasteiger partial charge < -0.3 is 10.6 Å². The van der Waals surface area contributed by atoms with E-state index in [2.05, 4.69) is 50.6 Å². The minimum atomic E-state index is 0.502. The van der Waals surface area contributed by atoms with Crippen molar-refractivity contribution in [2.45, 2.75) is 46.1 Å². The Bertz CT molecular complexity index is 420. The first-order valence-electron chi connectivity index (χ1n) is 7.57. The first-order valence-corrected chi connectivity index (χ1v) is 7.57. The fourth-order valence-corrected chi connectivity index (χ4v) is 3.21. The van der Waals surface area contributed by atoms with E-state index in [4.69, 9.17) is 0 Å². The average molecular weight is 260 g/mol. The van der Waals surface area contributed by atoms with Crippen molar-refractivity contribution in [2.24, 2.45) is 5.92 Å². The van der Waals surface area contributed by atoms with E-state index >= 15 is 0 Å². The van der Waals surface area contributed by atoms with Crippen LogP contribution in [0.15, 0.2) is 12.1 Å². The number of nitrogens with one attached hydrogen (secondary N) is 2. The number of benzene rings is 1. The van der Waals surface area contributed by atoms with Crippen molar-refractivity contribution >= 4 is 0 Å². The summed E-state index contributed by atoms with van der Waals surface area (Å²) in [6.45, 7) is 9.04. The summed E-state index contributed by atoms with van der Waals surface area (Å²) in [6, 6.07) is 5.21. The van der Waals surface area contributed by atoms with E-state index in [9.17, 15) is 0 Å². The molecule has 1 aromatic rings. The van der Waals surface area contributed by atoms with Crippen LogP contribution in [0.1, 0.15) is 47.6 Å². The molecule has 2 rings (SSSR count). The van der Waals surface area contributed by atoms with Crippen molar-refractivity contribution < 1.29 is 0 Å². The molecule has 1 saturated heterocycles. The van der Waals surface area contributed by atoms with Crippen LogP contribution < -0.4 is 10.6 Å². The Morgan fingerprint density at radius 1 is 1.11 bits per heavy atom. The molecule has 1 atom stereocenters. The summed E-state index contributed by atoms with van der Waals surface area (Å²) in [5.74, 6) is 0.861. The molecule has 0 radical (unpaired) electrons. The van der Waals surface area contributed by atoms with Crippen LogP contribution in [0, 0.1) is 26.7 Å². The van der Waals surface area contributed by atoms with Gasteiger partial charge in [0.25, 0.3) is 0 Å². The fraction of sp³-hybridized carbons (Fsp3) is 0.647. The smallest absolute Gasteiger partial charge is 0.0322 e. The normalized spacial score (nSPS) is 18.5. The molecular formula is C17H28N2. The molecule has 1 aliphatic rings. The predicted octanol–water partition coefficient (Wildman–Crippen LogP) is 3.26. The van der Waals surface area contributed by atoms with Crippen LogP contribution in [0.5, 0.6) is 0 Å². The maximum Gasteiger partial charge on any atom is 0.0322 e. The van der Waals surface area contributed by atoms with E-state index in [0.29, 0.717) is 6.04 Å². The molecule has 1 aliphatic heterocycles. The Labute approximate surface area is 118 Å². The number of aryl methyl sites for hydroxylation is 3. The Morgan fingerprint density at radius 3 is 2.37 bits per heavy atom. The third-order valence-electron chi connectivity index (χ3n) is 4.63. The molecule has 106 valence electrons. The highest BCUT2D eigenvalue weighted by atomic mass is 14.9. The van der Waals surface area contributed by atoms with Crippen LogP contribution >= 0.6 is 0 Å². The van der Waals surface area contributed by atoms with Gasteiger partial charge in [0.2, 0.25) is 0 Å². The van der Waals surface area contributed by atoms with Gasteiger partial charge in [0.05, 0.1) is 0 Å². The molecule has 0 aromatic heterocycles. The van der Waals surface area contributed by atoms with Crippen molar-refractivity contribution in [3.8, 4) is 0 Å². The predicted molar refractivity (Wildman–Crippen MR) is 82.7 cm³/mol. The Balaban J connectivity index is 2.14. The molecule has 19 heavy (non-hydrogen) atoms. The fourth-order valence-electron chi connectivity index (χ4n) is 3.21. The maximum atomic E-state index is 3.53. The minimum Gasteiger partial charge on any atom is -0.317 e. The molecule has 1 aromatic carbocycles. The first kappa shape index (κ1) is 14.5. The third-order valence-corrected chi connectivity index (χ3v) is 4.63. The van der Waals surface area contributed by atoms with E-state index in [1.54, 1.807) is 0 Å². The SMILES string of the molecule is CNC(CC1CCNCC1)c1cc(C)c(C)cc1C. The highest BCUT2D eigenvalue weighted by Crippen LogP contribution is 2.29. The summed E-state index contributed by atoms with van der Waals surface area (Å²) in [6.07, 6.45) is 3.91. The highest BCUT2D eigenvalue weighted by Gasteiger charge is 2.20. The van der Waals surface area contributed by atoms with Crippen molar-refractivity contribution in [3.05, 3.63) is 34.4 Å². The quantitative estimate of drug-likeness (QED) is 0.868. The number of rotatable bonds is 4. The lowest BCUT2D eigenvalue weighted by Gasteiger charge is -2.28. The maximum absolute atomic E-state index is 3.53. The summed E-state index contributed by atoms with van der Waals surface area (Å²) in [5.41, 5.74) is 5.73. The van der Waals surface area contributed by atoms with Gasteiger partial charge in [-0.2, -0.15) is 0 Å². The van der Waals surface area contributed by atoms with Crippen molar-refractivity contribution in [1.29, 1.82) is 0 Å². The lowest BCUT2D eigenvalue weighted by atomic mass is 9.86. The van der Waals surface area contributed by atoms with E-state index < -0.39 is 0 Å². The summed E-state index contributed by atoms with van der Waals surface area (Å²) >= 11 is 0. The third kappa shape index (κ3) is 3.58. The topological polar surface area (TPSA) is 24.1 Å². The number of piperidine rings is 1. The Kier molecular flexibility index (Phi) is 5.00. The van der Waals surface area contributed by atoms with Crippen LogP contribution in [0.2, 0.25) is 0 Å². The number of hydrogen-bond acceptors (Lipinski definition) is 2. The monoisotopic (exact) mass is 260 g/mol. The first-order chi connectivity index (χ1) is 9.11. The molecule has 2 nitrogen and oxygen atoms in total. The molecule has 1 fully saturated rings. The average Bonchev–Trinajstić information content (AvgIpc) is 2.42. The zero-order valence-electron chi connectivity index (χ0n) is 12.8. The van der Waals surface area contributed by atoms with Gasteiger partial charge in [0.1, 0.15) is 0 Å². The van der Waals surface area contributed by atoms with Gasteiger partial charge in [0, 0.05) is 6.04 Å². The van der Waals surface area contributed by atoms with Crippen LogP contribution in [0.4, 0.5) is 0 Å². The minimum absolute atomic E-state index is 0.502. The molecule has 2 heteroatoms. The number of hydrogen-bond donors (Lipinski definition) is 2. The van der Waals surface area contributed by atoms with E-state index in [1.165, 1.54) is 54.6 Å². The molecule has 0 amide bonds. The molecule has 0 aliphatic carbocycles. The van der Waals surface area contributed by atoms with Crippen LogP contribution in [-0.2, 0) is 0 Å². The Morgan fingerprint density at radius 2 is 1.74 bits per heavy atom. The highest BCUT2D eigenvalue weighted by molar-refractivity contribution is 5.38. The van der Waals surface area contributed by atoms with Gasteiger partial charge in [-0.3, -0.25) is 0 Å².